The fourth-order valence-corrected chi connectivity index (χ4v) is 2.25. The van der Waals surface area contributed by atoms with Gasteiger partial charge in [0.2, 0.25) is 0 Å². The Balaban J connectivity index is 2.57. The van der Waals surface area contributed by atoms with Crippen molar-refractivity contribution < 1.29 is 4.79 Å². The van der Waals surface area contributed by atoms with Crippen molar-refractivity contribution >= 4 is 5.78 Å². The first-order chi connectivity index (χ1) is 8.63. The van der Waals surface area contributed by atoms with Gasteiger partial charge >= 0.3 is 0 Å². The summed E-state index contributed by atoms with van der Waals surface area (Å²) in [6.45, 7) is 4.81. The molecule has 1 atom stereocenters. The molecule has 0 N–H and O–H groups in total. The smallest absolute Gasteiger partial charge is 0.131 e. The number of rotatable bonds is 8. The summed E-state index contributed by atoms with van der Waals surface area (Å²) in [5, 5.41) is 0. The lowest BCUT2D eigenvalue weighted by Crippen LogP contribution is -2.32. The van der Waals surface area contributed by atoms with Crippen LogP contribution in [0.2, 0.25) is 0 Å². The van der Waals surface area contributed by atoms with Gasteiger partial charge in [-0.15, -0.1) is 0 Å². The Labute approximate surface area is 111 Å². The number of Topliss-reactive ketones (excluding diaryl/α,β-unsaturated/α-hetero) is 1. The standard InChI is InChI=1S/C16H25NO/c1-4-5-11-16(12-14(2)18)17(3)13-15-9-7-6-8-10-15/h6-10,16H,4-5,11-13H2,1-3H3. The molecule has 0 heterocycles. The van der Waals surface area contributed by atoms with Gasteiger partial charge in [-0.05, 0) is 26.0 Å². The molecule has 0 aliphatic carbocycles. The highest BCUT2D eigenvalue weighted by atomic mass is 16.1. The summed E-state index contributed by atoms with van der Waals surface area (Å²) in [5.74, 6) is 0.288. The molecular weight excluding hydrogens is 222 g/mol. The van der Waals surface area contributed by atoms with Crippen LogP contribution in [0.15, 0.2) is 30.3 Å². The molecule has 2 heteroatoms. The average molecular weight is 247 g/mol. The average Bonchev–Trinajstić information content (AvgIpc) is 2.35. The Morgan fingerprint density at radius 3 is 2.50 bits per heavy atom. The molecule has 0 aromatic heterocycles. The van der Waals surface area contributed by atoms with Crippen LogP contribution in [0.1, 0.15) is 45.1 Å². The third kappa shape index (κ3) is 5.46. The van der Waals surface area contributed by atoms with Gasteiger partial charge in [-0.25, -0.2) is 0 Å². The number of carbonyl (C=O) groups excluding carboxylic acids is 1. The van der Waals surface area contributed by atoms with Crippen LogP contribution in [-0.4, -0.2) is 23.8 Å². The number of hydrogen-bond acceptors (Lipinski definition) is 2. The summed E-state index contributed by atoms with van der Waals surface area (Å²) in [4.78, 5) is 13.7. The first-order valence-corrected chi connectivity index (χ1v) is 6.87. The lowest BCUT2D eigenvalue weighted by molar-refractivity contribution is -0.118. The molecule has 0 bridgehead atoms. The zero-order chi connectivity index (χ0) is 13.4. The topological polar surface area (TPSA) is 20.3 Å². The summed E-state index contributed by atoms with van der Waals surface area (Å²) < 4.78 is 0. The molecule has 0 saturated carbocycles. The quantitative estimate of drug-likeness (QED) is 0.699. The predicted molar refractivity (Wildman–Crippen MR) is 76.5 cm³/mol. The molecule has 0 radical (unpaired) electrons. The molecular formula is C16H25NO. The van der Waals surface area contributed by atoms with Crippen LogP contribution in [0.3, 0.4) is 0 Å². The van der Waals surface area contributed by atoms with Gasteiger partial charge in [-0.1, -0.05) is 50.1 Å². The van der Waals surface area contributed by atoms with Crippen molar-refractivity contribution in [3.05, 3.63) is 35.9 Å². The van der Waals surface area contributed by atoms with Gasteiger partial charge in [-0.3, -0.25) is 9.69 Å². The Morgan fingerprint density at radius 1 is 1.28 bits per heavy atom. The largest absolute Gasteiger partial charge is 0.300 e. The van der Waals surface area contributed by atoms with E-state index in [2.05, 4.69) is 43.1 Å². The van der Waals surface area contributed by atoms with E-state index in [0.717, 1.165) is 13.0 Å². The number of carbonyl (C=O) groups is 1. The minimum absolute atomic E-state index is 0.288. The molecule has 1 rings (SSSR count). The summed E-state index contributed by atoms with van der Waals surface area (Å²) in [7, 11) is 2.12. The van der Waals surface area contributed by atoms with Crippen LogP contribution >= 0.6 is 0 Å². The van der Waals surface area contributed by atoms with Crippen LogP contribution in [0, 0.1) is 0 Å². The van der Waals surface area contributed by atoms with E-state index in [0.29, 0.717) is 12.5 Å². The molecule has 0 fully saturated rings. The van der Waals surface area contributed by atoms with Crippen molar-refractivity contribution in [2.45, 2.75) is 52.1 Å². The van der Waals surface area contributed by atoms with Gasteiger partial charge in [0.05, 0.1) is 0 Å². The fraction of sp³-hybridized carbons (Fsp3) is 0.562. The highest BCUT2D eigenvalue weighted by Crippen LogP contribution is 2.14. The number of benzene rings is 1. The lowest BCUT2D eigenvalue weighted by Gasteiger charge is -2.27. The molecule has 1 aromatic carbocycles. The molecule has 0 amide bonds. The molecule has 1 unspecified atom stereocenters. The third-order valence-electron chi connectivity index (χ3n) is 3.31. The minimum Gasteiger partial charge on any atom is -0.300 e. The van der Waals surface area contributed by atoms with Gasteiger partial charge in [0.15, 0.2) is 0 Å². The SMILES string of the molecule is CCCCC(CC(C)=O)N(C)Cc1ccccc1. The first-order valence-electron chi connectivity index (χ1n) is 6.87. The van der Waals surface area contributed by atoms with Crippen molar-refractivity contribution in [1.82, 2.24) is 4.90 Å². The number of hydrogen-bond donors (Lipinski definition) is 0. The van der Waals surface area contributed by atoms with Crippen molar-refractivity contribution in [2.24, 2.45) is 0 Å². The van der Waals surface area contributed by atoms with Crippen LogP contribution < -0.4 is 0 Å². The van der Waals surface area contributed by atoms with E-state index in [-0.39, 0.29) is 5.78 Å². The number of ketones is 1. The monoisotopic (exact) mass is 247 g/mol. The van der Waals surface area contributed by atoms with Crippen molar-refractivity contribution in [2.75, 3.05) is 7.05 Å². The summed E-state index contributed by atoms with van der Waals surface area (Å²) in [5.41, 5.74) is 1.31. The molecule has 2 nitrogen and oxygen atoms in total. The Hall–Kier alpha value is -1.15. The van der Waals surface area contributed by atoms with Gasteiger partial charge in [0.1, 0.15) is 5.78 Å². The number of nitrogens with zero attached hydrogens (tertiary/aromatic N) is 1. The van der Waals surface area contributed by atoms with E-state index >= 15 is 0 Å². The Kier molecular flexibility index (Phi) is 6.66. The third-order valence-corrected chi connectivity index (χ3v) is 3.31. The molecule has 0 spiro atoms. The maximum atomic E-state index is 11.3. The van der Waals surface area contributed by atoms with Gasteiger partial charge < -0.3 is 0 Å². The molecule has 0 saturated heterocycles. The minimum atomic E-state index is 0.288. The van der Waals surface area contributed by atoms with Crippen LogP contribution in [0.5, 0.6) is 0 Å². The van der Waals surface area contributed by atoms with E-state index in [1.807, 2.05) is 6.07 Å². The maximum Gasteiger partial charge on any atom is 0.131 e. The summed E-state index contributed by atoms with van der Waals surface area (Å²) >= 11 is 0. The maximum absolute atomic E-state index is 11.3. The molecule has 0 aliphatic rings. The normalized spacial score (nSPS) is 12.7. The zero-order valence-electron chi connectivity index (χ0n) is 11.9. The van der Waals surface area contributed by atoms with E-state index in [9.17, 15) is 4.79 Å². The van der Waals surface area contributed by atoms with Gasteiger partial charge in [0, 0.05) is 19.0 Å². The highest BCUT2D eigenvalue weighted by Gasteiger charge is 2.16. The second-order valence-electron chi connectivity index (χ2n) is 5.10. The molecule has 0 aliphatic heterocycles. The van der Waals surface area contributed by atoms with E-state index in [1.165, 1.54) is 18.4 Å². The summed E-state index contributed by atoms with van der Waals surface area (Å²) in [6.07, 6.45) is 4.16. The highest BCUT2D eigenvalue weighted by molar-refractivity contribution is 5.76. The van der Waals surface area contributed by atoms with Crippen molar-refractivity contribution in [3.8, 4) is 0 Å². The lowest BCUT2D eigenvalue weighted by atomic mass is 10.0. The van der Waals surface area contributed by atoms with Crippen molar-refractivity contribution in [3.63, 3.8) is 0 Å². The summed E-state index contributed by atoms with van der Waals surface area (Å²) in [6, 6.07) is 10.8. The van der Waals surface area contributed by atoms with E-state index in [4.69, 9.17) is 0 Å². The fourth-order valence-electron chi connectivity index (χ4n) is 2.25. The second-order valence-corrected chi connectivity index (χ2v) is 5.10. The van der Waals surface area contributed by atoms with Gasteiger partial charge in [-0.2, -0.15) is 0 Å². The zero-order valence-corrected chi connectivity index (χ0v) is 11.9. The van der Waals surface area contributed by atoms with Crippen LogP contribution in [-0.2, 0) is 11.3 Å². The molecule has 100 valence electrons. The number of unbranched alkanes of at least 4 members (excludes halogenated alkanes) is 1. The van der Waals surface area contributed by atoms with E-state index < -0.39 is 0 Å². The molecule has 1 aromatic rings. The molecule has 18 heavy (non-hydrogen) atoms. The van der Waals surface area contributed by atoms with Crippen molar-refractivity contribution in [1.29, 1.82) is 0 Å². The first kappa shape index (κ1) is 14.9. The van der Waals surface area contributed by atoms with E-state index in [1.54, 1.807) is 6.92 Å². The van der Waals surface area contributed by atoms with Crippen LogP contribution in [0.25, 0.3) is 0 Å². The Morgan fingerprint density at radius 2 is 1.94 bits per heavy atom. The Bertz CT molecular complexity index is 347. The van der Waals surface area contributed by atoms with Crippen LogP contribution in [0.4, 0.5) is 0 Å². The predicted octanol–water partition coefficient (Wildman–Crippen LogP) is 3.66. The van der Waals surface area contributed by atoms with Gasteiger partial charge in [0.25, 0.3) is 0 Å². The second kappa shape index (κ2) is 8.04.